The number of esters is 1. The van der Waals surface area contributed by atoms with E-state index in [1.807, 2.05) is 48.5 Å². The maximum atomic E-state index is 12.5. The summed E-state index contributed by atoms with van der Waals surface area (Å²) in [5, 5.41) is 0. The van der Waals surface area contributed by atoms with Crippen molar-refractivity contribution in [1.29, 1.82) is 0 Å². The summed E-state index contributed by atoms with van der Waals surface area (Å²) in [6, 6.07) is 0.0753. The van der Waals surface area contributed by atoms with E-state index in [-0.39, 0.29) is 30.0 Å². The molecule has 0 N–H and O–H groups in total. The van der Waals surface area contributed by atoms with Gasteiger partial charge in [-0.3, -0.25) is 9.59 Å². The topological polar surface area (TPSA) is 55.8 Å². The Hall–Kier alpha value is -1.10. The van der Waals surface area contributed by atoms with E-state index < -0.39 is 18.2 Å². The highest BCUT2D eigenvalue weighted by atomic mass is 16.7. The molecule has 1 aliphatic heterocycles. The molecule has 1 aliphatic rings. The van der Waals surface area contributed by atoms with Crippen molar-refractivity contribution >= 4 is 11.9 Å². The minimum absolute atomic E-state index is 0.0376. The molecule has 0 aromatic rings. The van der Waals surface area contributed by atoms with Gasteiger partial charge < -0.3 is 14.4 Å². The number of ether oxygens (including phenoxy) is 2. The molecule has 5 nitrogen and oxygen atoms in total. The fourth-order valence-electron chi connectivity index (χ4n) is 2.36. The molecule has 20 heavy (non-hydrogen) atoms. The Morgan fingerprint density at radius 3 is 2.05 bits per heavy atom. The fraction of sp³-hybridized carbons (Fsp3) is 0.867. The highest BCUT2D eigenvalue weighted by molar-refractivity contribution is 5.98. The van der Waals surface area contributed by atoms with Crippen molar-refractivity contribution in [3.63, 3.8) is 0 Å². The van der Waals surface area contributed by atoms with Crippen molar-refractivity contribution in [3.8, 4) is 0 Å². The van der Waals surface area contributed by atoms with Gasteiger partial charge in [0.25, 0.3) is 0 Å². The molecule has 1 heterocycles. The summed E-state index contributed by atoms with van der Waals surface area (Å²) in [5.41, 5.74) is -0.292. The Morgan fingerprint density at radius 1 is 1.20 bits per heavy atom. The van der Waals surface area contributed by atoms with Gasteiger partial charge in [0.2, 0.25) is 12.2 Å². The number of amides is 1. The first-order valence-corrected chi connectivity index (χ1v) is 7.20. The maximum absolute atomic E-state index is 12.5. The summed E-state index contributed by atoms with van der Waals surface area (Å²) < 4.78 is 10.9. The highest BCUT2D eigenvalue weighted by Gasteiger charge is 2.42. The maximum Gasteiger partial charge on any atom is 0.323 e. The van der Waals surface area contributed by atoms with E-state index >= 15 is 0 Å². The average Bonchev–Trinajstić information content (AvgIpc) is 2.26. The second kappa shape index (κ2) is 6.12. The van der Waals surface area contributed by atoms with Crippen LogP contribution in [0.3, 0.4) is 0 Å². The summed E-state index contributed by atoms with van der Waals surface area (Å²) in [4.78, 5) is 26.3. The number of rotatable bonds is 3. The van der Waals surface area contributed by atoms with E-state index in [0.717, 1.165) is 0 Å². The predicted octanol–water partition coefficient (Wildman–Crippen LogP) is 2.19. The molecule has 0 saturated carbocycles. The molecule has 5 heteroatoms. The lowest BCUT2D eigenvalue weighted by atomic mass is 9.94. The van der Waals surface area contributed by atoms with Gasteiger partial charge in [-0.1, -0.05) is 20.8 Å². The third kappa shape index (κ3) is 3.72. The fourth-order valence-corrected chi connectivity index (χ4v) is 2.36. The van der Waals surface area contributed by atoms with Crippen LogP contribution in [0.5, 0.6) is 0 Å². The number of cyclic esters (lactones) is 1. The number of carbonyl (C=O) groups excluding carboxylic acids is 2. The molecule has 1 saturated heterocycles. The lowest BCUT2D eigenvalue weighted by Gasteiger charge is -2.38. The van der Waals surface area contributed by atoms with E-state index in [0.29, 0.717) is 0 Å². The molecule has 0 bridgehead atoms. The molecule has 1 fully saturated rings. The van der Waals surface area contributed by atoms with Gasteiger partial charge >= 0.3 is 5.97 Å². The third-order valence-electron chi connectivity index (χ3n) is 3.29. The zero-order chi connectivity index (χ0) is 15.7. The largest absolute Gasteiger partial charge is 0.435 e. The van der Waals surface area contributed by atoms with Crippen molar-refractivity contribution in [2.45, 2.75) is 66.8 Å². The van der Waals surface area contributed by atoms with E-state index in [9.17, 15) is 9.59 Å². The Kier molecular flexibility index (Phi) is 5.19. The minimum Gasteiger partial charge on any atom is -0.435 e. The molecule has 0 radical (unpaired) electrons. The molecule has 0 aromatic heterocycles. The van der Waals surface area contributed by atoms with Crippen molar-refractivity contribution in [3.05, 3.63) is 0 Å². The van der Waals surface area contributed by atoms with E-state index in [2.05, 4.69) is 0 Å². The zero-order valence-electron chi connectivity index (χ0n) is 13.6. The van der Waals surface area contributed by atoms with Crippen LogP contribution in [-0.2, 0) is 19.1 Å². The number of hydrogen-bond acceptors (Lipinski definition) is 4. The Labute approximate surface area is 121 Å². The molecule has 0 spiro atoms. The molecule has 116 valence electrons. The normalized spacial score (nSPS) is 23.9. The Morgan fingerprint density at radius 2 is 1.70 bits per heavy atom. The molecule has 2 atom stereocenters. The van der Waals surface area contributed by atoms with Crippen LogP contribution in [-0.4, -0.2) is 41.8 Å². The van der Waals surface area contributed by atoms with Gasteiger partial charge in [0.05, 0.1) is 6.61 Å². The highest BCUT2D eigenvalue weighted by Crippen LogP contribution is 2.29. The van der Waals surface area contributed by atoms with Gasteiger partial charge in [0.1, 0.15) is 0 Å². The summed E-state index contributed by atoms with van der Waals surface area (Å²) in [6.45, 7) is 13.6. The Bertz CT molecular complexity index is 363. The van der Waals surface area contributed by atoms with E-state index in [1.54, 1.807) is 4.90 Å². The minimum atomic E-state index is -0.849. The first-order valence-electron chi connectivity index (χ1n) is 7.20. The van der Waals surface area contributed by atoms with Crippen LogP contribution >= 0.6 is 0 Å². The molecule has 0 aliphatic carbocycles. The van der Waals surface area contributed by atoms with Crippen LogP contribution < -0.4 is 0 Å². The molecule has 1 rings (SSSR count). The van der Waals surface area contributed by atoms with Crippen LogP contribution in [0.1, 0.15) is 48.5 Å². The van der Waals surface area contributed by atoms with Gasteiger partial charge in [-0.15, -0.1) is 0 Å². The van der Waals surface area contributed by atoms with Crippen LogP contribution in [0.25, 0.3) is 0 Å². The van der Waals surface area contributed by atoms with Crippen molar-refractivity contribution < 1.29 is 19.1 Å². The summed E-state index contributed by atoms with van der Waals surface area (Å²) >= 11 is 0. The number of hydrogen-bond donors (Lipinski definition) is 0. The number of nitrogens with zero attached hydrogens (tertiary/aromatic N) is 1. The quantitative estimate of drug-likeness (QED) is 0.589. The van der Waals surface area contributed by atoms with Crippen molar-refractivity contribution in [2.24, 2.45) is 11.3 Å². The van der Waals surface area contributed by atoms with Crippen LogP contribution in [0.4, 0.5) is 0 Å². The summed E-state index contributed by atoms with van der Waals surface area (Å²) in [7, 11) is 0. The first-order chi connectivity index (χ1) is 9.05. The zero-order valence-corrected chi connectivity index (χ0v) is 13.6. The van der Waals surface area contributed by atoms with Gasteiger partial charge in [0, 0.05) is 17.5 Å². The first kappa shape index (κ1) is 17.0. The van der Waals surface area contributed by atoms with Crippen molar-refractivity contribution in [1.82, 2.24) is 4.90 Å². The third-order valence-corrected chi connectivity index (χ3v) is 3.29. The Balaban J connectivity index is 2.80. The lowest BCUT2D eigenvalue weighted by molar-refractivity contribution is -0.235. The SMILES string of the molecule is CC(C)N(C(=O)[C@H]1CO[C@H](C(C)(C)C)OC1=O)C(C)C. The molecule has 1 amide bonds. The predicted molar refractivity (Wildman–Crippen MR) is 75.9 cm³/mol. The summed E-state index contributed by atoms with van der Waals surface area (Å²) in [5.74, 6) is -1.54. The molecular weight excluding hydrogens is 258 g/mol. The van der Waals surface area contributed by atoms with Gasteiger partial charge in [-0.2, -0.15) is 0 Å². The van der Waals surface area contributed by atoms with E-state index in [4.69, 9.17) is 9.47 Å². The standard InChI is InChI=1S/C15H27NO4/c1-9(2)16(10(3)4)12(17)11-8-19-14(15(5,6)7)20-13(11)18/h9-11,14H,8H2,1-7H3/t11-,14+/m1/s1. The smallest absolute Gasteiger partial charge is 0.323 e. The van der Waals surface area contributed by atoms with Crippen LogP contribution in [0, 0.1) is 11.3 Å². The van der Waals surface area contributed by atoms with E-state index in [1.165, 1.54) is 0 Å². The second-order valence-corrected chi connectivity index (χ2v) is 6.95. The monoisotopic (exact) mass is 285 g/mol. The average molecular weight is 285 g/mol. The van der Waals surface area contributed by atoms with Gasteiger partial charge in [-0.05, 0) is 27.7 Å². The molecule has 0 unspecified atom stereocenters. The van der Waals surface area contributed by atoms with Crippen molar-refractivity contribution in [2.75, 3.05) is 6.61 Å². The second-order valence-electron chi connectivity index (χ2n) is 6.95. The van der Waals surface area contributed by atoms with Gasteiger partial charge in [-0.25, -0.2) is 0 Å². The van der Waals surface area contributed by atoms with Gasteiger partial charge in [0.15, 0.2) is 5.92 Å². The van der Waals surface area contributed by atoms with Crippen LogP contribution in [0.15, 0.2) is 0 Å². The lowest BCUT2D eigenvalue weighted by Crippen LogP contribution is -2.52. The number of carbonyl (C=O) groups is 2. The molecular formula is C15H27NO4. The summed E-state index contributed by atoms with van der Waals surface area (Å²) in [6.07, 6.45) is -0.592. The molecule has 0 aromatic carbocycles. The van der Waals surface area contributed by atoms with Crippen LogP contribution in [0.2, 0.25) is 0 Å².